The zero-order valence-corrected chi connectivity index (χ0v) is 27.0. The van der Waals surface area contributed by atoms with Crippen molar-refractivity contribution in [3.63, 3.8) is 0 Å². The third-order valence-electron chi connectivity index (χ3n) is 6.92. The van der Waals surface area contributed by atoms with Gasteiger partial charge in [-0.15, -0.1) is 0 Å². The molecule has 9 nitrogen and oxygen atoms in total. The van der Waals surface area contributed by atoms with Gasteiger partial charge in [0, 0.05) is 15.7 Å². The average molecular weight is 677 g/mol. The van der Waals surface area contributed by atoms with Crippen LogP contribution in [0.15, 0.2) is 98.8 Å². The molecule has 2 heterocycles. The first-order valence-corrected chi connectivity index (χ1v) is 15.1. The van der Waals surface area contributed by atoms with E-state index in [0.29, 0.717) is 67.0 Å². The van der Waals surface area contributed by atoms with Crippen molar-refractivity contribution in [1.82, 2.24) is 4.57 Å². The summed E-state index contributed by atoms with van der Waals surface area (Å²) >= 11 is 4.74. The highest BCUT2D eigenvalue weighted by atomic mass is 79.9. The Bertz CT molecular complexity index is 1920. The van der Waals surface area contributed by atoms with Crippen LogP contribution in [-0.2, 0) is 4.79 Å². The summed E-state index contributed by atoms with van der Waals surface area (Å²) in [6.07, 6.45) is 3.42. The van der Waals surface area contributed by atoms with Gasteiger partial charge in [0.25, 0.3) is 11.5 Å². The van der Waals surface area contributed by atoms with Gasteiger partial charge in [-0.25, -0.2) is 4.99 Å². The van der Waals surface area contributed by atoms with Crippen molar-refractivity contribution < 1.29 is 23.7 Å². The summed E-state index contributed by atoms with van der Waals surface area (Å²) in [7, 11) is 4.54. The number of anilines is 1. The maximum atomic E-state index is 14.2. The van der Waals surface area contributed by atoms with Crippen LogP contribution in [0.1, 0.15) is 24.1 Å². The van der Waals surface area contributed by atoms with E-state index in [1.165, 1.54) is 37.2 Å². The van der Waals surface area contributed by atoms with Crippen molar-refractivity contribution in [2.75, 3.05) is 33.3 Å². The molecule has 0 aliphatic carbocycles. The molecular weight excluding hydrogens is 646 g/mol. The van der Waals surface area contributed by atoms with Crippen LogP contribution in [-0.4, -0.2) is 38.4 Å². The largest absolute Gasteiger partial charge is 0.493 e. The highest BCUT2D eigenvalue weighted by Gasteiger charge is 2.34. The highest BCUT2D eigenvalue weighted by molar-refractivity contribution is 9.10. The Morgan fingerprint density at radius 2 is 1.75 bits per heavy atom. The third-order valence-corrected chi connectivity index (χ3v) is 8.39. The van der Waals surface area contributed by atoms with E-state index in [9.17, 15) is 9.59 Å². The van der Waals surface area contributed by atoms with Gasteiger partial charge in [-0.3, -0.25) is 14.2 Å². The lowest BCUT2D eigenvalue weighted by atomic mass is 9.94. The molecule has 0 bridgehead atoms. The van der Waals surface area contributed by atoms with Crippen molar-refractivity contribution in [1.29, 1.82) is 0 Å². The number of carbonyl (C=O) groups is 1. The summed E-state index contributed by atoms with van der Waals surface area (Å²) in [5, 5.41) is 2.96. The van der Waals surface area contributed by atoms with E-state index >= 15 is 0 Å². The first-order valence-electron chi connectivity index (χ1n) is 13.5. The summed E-state index contributed by atoms with van der Waals surface area (Å²) in [6, 6.07) is 17.3. The van der Waals surface area contributed by atoms with E-state index in [0.717, 1.165) is 4.47 Å². The molecule has 1 N–H and O–H groups in total. The first-order chi connectivity index (χ1) is 21.3. The van der Waals surface area contributed by atoms with E-state index in [1.54, 1.807) is 43.3 Å². The highest BCUT2D eigenvalue weighted by Crippen LogP contribution is 2.42. The van der Waals surface area contributed by atoms with Crippen molar-refractivity contribution in [2.45, 2.75) is 13.0 Å². The van der Waals surface area contributed by atoms with Crippen molar-refractivity contribution >= 4 is 44.9 Å². The Morgan fingerprint density at radius 3 is 2.39 bits per heavy atom. The molecule has 0 unspecified atom stereocenters. The van der Waals surface area contributed by atoms with E-state index < -0.39 is 11.9 Å². The molecule has 1 amide bonds. The molecule has 1 aliphatic rings. The molecule has 0 spiro atoms. The van der Waals surface area contributed by atoms with Gasteiger partial charge in [-0.1, -0.05) is 58.1 Å². The Balaban J connectivity index is 1.74. The number of nitrogens with zero attached hydrogens (tertiary/aromatic N) is 2. The molecule has 3 aromatic carbocycles. The standard InChI is InChI=1S/C33H30BrN3O6S/c1-6-14-43-24-13-12-22(34)15-20(24)18-27-32(39)37-29(21-16-25(40-3)30(42-5)26(17-21)41-4)28(19(2)35-33(37)44-27)31(38)36-23-10-8-7-9-11-23/h6-13,15-18,29H,1,14H2,2-5H3,(H,36,38)/b27-18-/t29-/m1/s1. The van der Waals surface area contributed by atoms with Crippen LogP contribution in [0.25, 0.3) is 6.08 Å². The molecule has 11 heteroatoms. The Hall–Kier alpha value is -4.61. The van der Waals surface area contributed by atoms with Gasteiger partial charge in [0.05, 0.1) is 43.2 Å². The lowest BCUT2D eigenvalue weighted by Crippen LogP contribution is -2.40. The van der Waals surface area contributed by atoms with E-state index in [1.807, 2.05) is 36.4 Å². The molecule has 0 fully saturated rings. The molecule has 226 valence electrons. The SMILES string of the molecule is C=CCOc1ccc(Br)cc1/C=c1\sc2n(c1=O)[C@H](c1cc(OC)c(OC)c(OC)c1)C(C(=O)Nc1ccccc1)=C(C)N=2. The minimum absolute atomic E-state index is 0.305. The van der Waals surface area contributed by atoms with Crippen LogP contribution in [0.2, 0.25) is 0 Å². The fraction of sp³-hybridized carbons (Fsp3) is 0.182. The number of hydrogen-bond donors (Lipinski definition) is 1. The number of methoxy groups -OCH3 is 3. The topological polar surface area (TPSA) is 100 Å². The molecule has 0 saturated carbocycles. The molecule has 5 rings (SSSR count). The molecule has 0 saturated heterocycles. The number of hydrogen-bond acceptors (Lipinski definition) is 8. The van der Waals surface area contributed by atoms with Crippen LogP contribution < -0.4 is 39.2 Å². The number of para-hydroxylation sites is 1. The molecule has 1 aromatic heterocycles. The number of halogens is 1. The van der Waals surface area contributed by atoms with E-state index in [2.05, 4.69) is 27.8 Å². The maximum Gasteiger partial charge on any atom is 0.271 e. The fourth-order valence-corrected chi connectivity index (χ4v) is 6.38. The number of ether oxygens (including phenoxy) is 4. The number of carbonyl (C=O) groups excluding carboxylic acids is 1. The van der Waals surface area contributed by atoms with Gasteiger partial charge >= 0.3 is 0 Å². The minimum Gasteiger partial charge on any atom is -0.493 e. The number of thiazole rings is 1. The number of benzene rings is 3. The number of allylic oxidation sites excluding steroid dienone is 1. The Kier molecular flexibility index (Phi) is 9.36. The van der Waals surface area contributed by atoms with Gasteiger partial charge in [0.15, 0.2) is 16.3 Å². The zero-order chi connectivity index (χ0) is 31.4. The van der Waals surface area contributed by atoms with Crippen LogP contribution >= 0.6 is 27.3 Å². The molecular formula is C33H30BrN3O6S. The van der Waals surface area contributed by atoms with Crippen LogP contribution in [0.5, 0.6) is 23.0 Å². The van der Waals surface area contributed by atoms with Crippen LogP contribution in [0.4, 0.5) is 5.69 Å². The maximum absolute atomic E-state index is 14.2. The molecule has 0 radical (unpaired) electrons. The summed E-state index contributed by atoms with van der Waals surface area (Å²) < 4.78 is 25.4. The van der Waals surface area contributed by atoms with E-state index in [-0.39, 0.29) is 5.56 Å². The quantitative estimate of drug-likeness (QED) is 0.231. The monoisotopic (exact) mass is 675 g/mol. The van der Waals surface area contributed by atoms with Gasteiger partial charge in [0.2, 0.25) is 5.75 Å². The fourth-order valence-electron chi connectivity index (χ4n) is 4.96. The second-order valence-electron chi connectivity index (χ2n) is 9.64. The minimum atomic E-state index is -0.857. The van der Waals surface area contributed by atoms with Gasteiger partial charge in [-0.05, 0) is 61.0 Å². The van der Waals surface area contributed by atoms with Crippen molar-refractivity contribution in [2.24, 2.45) is 4.99 Å². The van der Waals surface area contributed by atoms with Crippen molar-refractivity contribution in [3.05, 3.63) is 120 Å². The van der Waals surface area contributed by atoms with Crippen LogP contribution in [0, 0.1) is 0 Å². The molecule has 44 heavy (non-hydrogen) atoms. The van der Waals surface area contributed by atoms with E-state index in [4.69, 9.17) is 23.9 Å². The first kappa shape index (κ1) is 30.8. The normalized spacial score (nSPS) is 14.4. The number of fused-ring (bicyclic) bond motifs is 1. The van der Waals surface area contributed by atoms with Gasteiger partial charge < -0.3 is 24.3 Å². The smallest absolute Gasteiger partial charge is 0.271 e. The average Bonchev–Trinajstić information content (AvgIpc) is 3.33. The summed E-state index contributed by atoms with van der Waals surface area (Å²) in [4.78, 5) is 33.4. The lowest BCUT2D eigenvalue weighted by Gasteiger charge is -2.26. The van der Waals surface area contributed by atoms with Gasteiger partial charge in [0.1, 0.15) is 12.4 Å². The molecule has 1 atom stereocenters. The third kappa shape index (κ3) is 6.06. The molecule has 1 aliphatic heterocycles. The lowest BCUT2D eigenvalue weighted by molar-refractivity contribution is -0.113. The van der Waals surface area contributed by atoms with Crippen LogP contribution in [0.3, 0.4) is 0 Å². The summed E-state index contributed by atoms with van der Waals surface area (Å²) in [5.74, 6) is 1.37. The Labute approximate surface area is 266 Å². The predicted molar refractivity (Wildman–Crippen MR) is 175 cm³/mol. The summed E-state index contributed by atoms with van der Waals surface area (Å²) in [5.41, 5.74) is 2.35. The number of aromatic nitrogens is 1. The second-order valence-corrected chi connectivity index (χ2v) is 11.6. The van der Waals surface area contributed by atoms with Crippen molar-refractivity contribution in [3.8, 4) is 23.0 Å². The number of amides is 1. The summed E-state index contributed by atoms with van der Waals surface area (Å²) in [6.45, 7) is 5.79. The number of nitrogens with one attached hydrogen (secondary N) is 1. The van der Waals surface area contributed by atoms with Gasteiger partial charge in [-0.2, -0.15) is 0 Å². The predicted octanol–water partition coefficient (Wildman–Crippen LogP) is 5.23. The Morgan fingerprint density at radius 1 is 1.05 bits per heavy atom. The zero-order valence-electron chi connectivity index (χ0n) is 24.5. The number of rotatable bonds is 10. The molecule has 4 aromatic rings. The second kappa shape index (κ2) is 13.4.